The van der Waals surface area contributed by atoms with E-state index in [0.717, 1.165) is 66.9 Å². The summed E-state index contributed by atoms with van der Waals surface area (Å²) in [7, 11) is 0. The van der Waals surface area contributed by atoms with Crippen LogP contribution in [0.25, 0.3) is 72.7 Å². The van der Waals surface area contributed by atoms with Crippen molar-refractivity contribution in [1.29, 1.82) is 0 Å². The summed E-state index contributed by atoms with van der Waals surface area (Å²) < 4.78 is 2.12. The maximum absolute atomic E-state index is 5.11. The molecule has 0 atom stereocenters. The van der Waals surface area contributed by atoms with E-state index in [-0.39, 0.29) is 0 Å². The Hall–Kier alpha value is -5.68. The SMILES string of the molecule is c1ccc(-c2cc(-c3ccccc3)nc(-c3ccc(-c4nc5ccccc5c5nc6ccccn6c45)cc3)n2)cc1. The van der Waals surface area contributed by atoms with Gasteiger partial charge in [-0.05, 0) is 24.3 Å². The first kappa shape index (κ1) is 23.2. The summed E-state index contributed by atoms with van der Waals surface area (Å²) in [6.07, 6.45) is 2.05. The lowest BCUT2D eigenvalue weighted by molar-refractivity contribution is 1.18. The maximum atomic E-state index is 5.11. The minimum absolute atomic E-state index is 0.683. The van der Waals surface area contributed by atoms with Crippen LogP contribution >= 0.6 is 0 Å². The predicted molar refractivity (Wildman–Crippen MR) is 165 cm³/mol. The van der Waals surface area contributed by atoms with Crippen LogP contribution in [0.4, 0.5) is 0 Å². The zero-order valence-corrected chi connectivity index (χ0v) is 22.0. The molecule has 8 rings (SSSR count). The molecular weight excluding hydrogens is 502 g/mol. The molecule has 0 saturated heterocycles. The summed E-state index contributed by atoms with van der Waals surface area (Å²) in [5.41, 5.74) is 10.5. The third-order valence-corrected chi connectivity index (χ3v) is 7.43. The van der Waals surface area contributed by atoms with Crippen molar-refractivity contribution in [2.45, 2.75) is 0 Å². The Balaban J connectivity index is 1.29. The number of benzene rings is 4. The van der Waals surface area contributed by atoms with Gasteiger partial charge in [-0.3, -0.25) is 4.40 Å². The van der Waals surface area contributed by atoms with E-state index in [1.54, 1.807) is 0 Å². The summed E-state index contributed by atoms with van der Waals surface area (Å²) in [5, 5.41) is 1.05. The number of para-hydroxylation sites is 1. The Morgan fingerprint density at radius 3 is 1.78 bits per heavy atom. The summed E-state index contributed by atoms with van der Waals surface area (Å²) in [6, 6.07) is 45.2. The second-order valence-corrected chi connectivity index (χ2v) is 9.99. The first-order valence-corrected chi connectivity index (χ1v) is 13.6. The molecule has 0 aliphatic carbocycles. The second-order valence-electron chi connectivity index (χ2n) is 9.99. The number of pyridine rings is 2. The molecule has 41 heavy (non-hydrogen) atoms. The quantitative estimate of drug-likeness (QED) is 0.231. The van der Waals surface area contributed by atoms with Crippen LogP contribution in [-0.2, 0) is 0 Å². The van der Waals surface area contributed by atoms with E-state index in [1.807, 2.05) is 79.0 Å². The zero-order chi connectivity index (χ0) is 27.2. The van der Waals surface area contributed by atoms with E-state index in [9.17, 15) is 0 Å². The minimum atomic E-state index is 0.683. The fraction of sp³-hybridized carbons (Fsp3) is 0. The van der Waals surface area contributed by atoms with Crippen molar-refractivity contribution in [3.63, 3.8) is 0 Å². The molecule has 0 spiro atoms. The average molecular weight is 526 g/mol. The van der Waals surface area contributed by atoms with Gasteiger partial charge in [0.05, 0.1) is 28.1 Å². The molecule has 0 aliphatic rings. The molecule has 0 aliphatic heterocycles. The Labute approximate surface area is 236 Å². The van der Waals surface area contributed by atoms with Gasteiger partial charge in [0.1, 0.15) is 11.2 Å². The fourth-order valence-corrected chi connectivity index (χ4v) is 5.42. The highest BCUT2D eigenvalue weighted by Crippen LogP contribution is 2.34. The smallest absolute Gasteiger partial charge is 0.160 e. The molecule has 0 saturated carbocycles. The molecule has 0 amide bonds. The van der Waals surface area contributed by atoms with Gasteiger partial charge in [-0.1, -0.05) is 109 Å². The van der Waals surface area contributed by atoms with E-state index in [2.05, 4.69) is 65.1 Å². The number of nitrogens with zero attached hydrogens (tertiary/aromatic N) is 5. The zero-order valence-electron chi connectivity index (χ0n) is 22.0. The summed E-state index contributed by atoms with van der Waals surface area (Å²) in [4.78, 5) is 20.1. The number of hydrogen-bond donors (Lipinski definition) is 0. The van der Waals surface area contributed by atoms with Gasteiger partial charge in [0.25, 0.3) is 0 Å². The normalized spacial score (nSPS) is 11.4. The van der Waals surface area contributed by atoms with E-state index >= 15 is 0 Å². The second kappa shape index (κ2) is 9.50. The lowest BCUT2D eigenvalue weighted by Crippen LogP contribution is -1.96. The minimum Gasteiger partial charge on any atom is -0.298 e. The van der Waals surface area contributed by atoms with Crippen molar-refractivity contribution >= 4 is 27.6 Å². The first-order valence-electron chi connectivity index (χ1n) is 13.6. The molecule has 0 bridgehead atoms. The monoisotopic (exact) mass is 525 g/mol. The van der Waals surface area contributed by atoms with Crippen molar-refractivity contribution in [1.82, 2.24) is 24.3 Å². The molecule has 0 unspecified atom stereocenters. The fourth-order valence-electron chi connectivity index (χ4n) is 5.42. The van der Waals surface area contributed by atoms with Gasteiger partial charge in [-0.2, -0.15) is 0 Å². The van der Waals surface area contributed by atoms with Gasteiger partial charge in [0, 0.05) is 33.8 Å². The Kier molecular flexibility index (Phi) is 5.38. The number of imidazole rings is 1. The summed E-state index contributed by atoms with van der Waals surface area (Å²) in [5.74, 6) is 0.683. The standard InChI is InChI=1S/C36H23N5/c1-3-11-24(12-4-1)30-23-31(25-13-5-2-6-14-25)39-36(38-30)27-20-18-26(19-21-27)33-35-34(28-15-7-8-16-29(28)37-33)40-32-17-9-10-22-41(32)35/h1-23H. The molecule has 5 nitrogen and oxygen atoms in total. The van der Waals surface area contributed by atoms with Crippen LogP contribution in [0, 0.1) is 0 Å². The Bertz CT molecular complexity index is 2130. The molecule has 0 N–H and O–H groups in total. The van der Waals surface area contributed by atoms with Gasteiger partial charge >= 0.3 is 0 Å². The van der Waals surface area contributed by atoms with Crippen LogP contribution < -0.4 is 0 Å². The van der Waals surface area contributed by atoms with Crippen LogP contribution in [0.5, 0.6) is 0 Å². The third kappa shape index (κ3) is 4.03. The molecule has 0 radical (unpaired) electrons. The number of hydrogen-bond acceptors (Lipinski definition) is 4. The maximum Gasteiger partial charge on any atom is 0.160 e. The van der Waals surface area contributed by atoms with Gasteiger partial charge in [-0.25, -0.2) is 19.9 Å². The molecule has 4 heterocycles. The van der Waals surface area contributed by atoms with Crippen molar-refractivity contribution in [3.8, 4) is 45.2 Å². The van der Waals surface area contributed by atoms with Gasteiger partial charge in [-0.15, -0.1) is 0 Å². The topological polar surface area (TPSA) is 56.0 Å². The van der Waals surface area contributed by atoms with E-state index in [4.69, 9.17) is 19.9 Å². The molecule has 192 valence electrons. The Morgan fingerprint density at radius 1 is 0.463 bits per heavy atom. The largest absolute Gasteiger partial charge is 0.298 e. The van der Waals surface area contributed by atoms with Crippen LogP contribution in [0.15, 0.2) is 140 Å². The third-order valence-electron chi connectivity index (χ3n) is 7.43. The number of fused-ring (bicyclic) bond motifs is 5. The Morgan fingerprint density at radius 2 is 1.07 bits per heavy atom. The molecule has 8 aromatic rings. The van der Waals surface area contributed by atoms with Crippen molar-refractivity contribution in [2.75, 3.05) is 0 Å². The number of aromatic nitrogens is 5. The molecule has 5 heteroatoms. The van der Waals surface area contributed by atoms with Crippen molar-refractivity contribution in [3.05, 3.63) is 140 Å². The van der Waals surface area contributed by atoms with E-state index < -0.39 is 0 Å². The van der Waals surface area contributed by atoms with E-state index in [0.29, 0.717) is 5.82 Å². The highest BCUT2D eigenvalue weighted by molar-refractivity contribution is 6.09. The molecule has 4 aromatic carbocycles. The lowest BCUT2D eigenvalue weighted by atomic mass is 10.0. The van der Waals surface area contributed by atoms with Crippen molar-refractivity contribution in [2.24, 2.45) is 0 Å². The van der Waals surface area contributed by atoms with Crippen LogP contribution in [-0.4, -0.2) is 24.3 Å². The average Bonchev–Trinajstić information content (AvgIpc) is 3.45. The summed E-state index contributed by atoms with van der Waals surface area (Å²) >= 11 is 0. The number of rotatable bonds is 4. The highest BCUT2D eigenvalue weighted by Gasteiger charge is 2.17. The first-order chi connectivity index (χ1) is 20.3. The highest BCUT2D eigenvalue weighted by atomic mass is 15.0. The summed E-state index contributed by atoms with van der Waals surface area (Å²) in [6.45, 7) is 0. The van der Waals surface area contributed by atoms with Gasteiger partial charge in [0.2, 0.25) is 0 Å². The van der Waals surface area contributed by atoms with Crippen LogP contribution in [0.3, 0.4) is 0 Å². The van der Waals surface area contributed by atoms with Crippen LogP contribution in [0.1, 0.15) is 0 Å². The molecule has 4 aromatic heterocycles. The van der Waals surface area contributed by atoms with Gasteiger partial charge < -0.3 is 0 Å². The van der Waals surface area contributed by atoms with Crippen molar-refractivity contribution < 1.29 is 0 Å². The molecular formula is C36H23N5. The lowest BCUT2D eigenvalue weighted by Gasteiger charge is -2.11. The van der Waals surface area contributed by atoms with E-state index in [1.165, 1.54) is 0 Å². The van der Waals surface area contributed by atoms with Gasteiger partial charge in [0.15, 0.2) is 5.82 Å². The van der Waals surface area contributed by atoms with Crippen LogP contribution in [0.2, 0.25) is 0 Å². The molecule has 0 fully saturated rings. The predicted octanol–water partition coefficient (Wildman–Crippen LogP) is 8.49.